The Labute approximate surface area is 131 Å². The van der Waals surface area contributed by atoms with E-state index in [-0.39, 0.29) is 0 Å². The van der Waals surface area contributed by atoms with Crippen molar-refractivity contribution in [2.45, 2.75) is 52.9 Å². The number of ether oxygens (including phenoxy) is 1. The zero-order valence-electron chi connectivity index (χ0n) is 14.4. The van der Waals surface area contributed by atoms with Crippen molar-refractivity contribution in [3.05, 3.63) is 35.4 Å². The maximum atomic E-state index is 5.15. The highest BCUT2D eigenvalue weighted by Crippen LogP contribution is 2.33. The molecule has 0 spiro atoms. The highest BCUT2D eigenvalue weighted by atomic mass is 16.5. The molecule has 1 aromatic carbocycles. The Morgan fingerprint density at radius 1 is 1.19 bits per heavy atom. The number of methoxy groups -OCH3 is 1. The number of aryl methyl sites for hydroxylation is 1. The van der Waals surface area contributed by atoms with E-state index in [0.717, 1.165) is 19.7 Å². The van der Waals surface area contributed by atoms with Crippen molar-refractivity contribution in [1.29, 1.82) is 0 Å². The fourth-order valence-electron chi connectivity index (χ4n) is 2.96. The van der Waals surface area contributed by atoms with Gasteiger partial charge in [0.2, 0.25) is 0 Å². The maximum absolute atomic E-state index is 5.15. The van der Waals surface area contributed by atoms with E-state index in [0.29, 0.717) is 5.41 Å². The minimum absolute atomic E-state index is 0.371. The van der Waals surface area contributed by atoms with Crippen LogP contribution in [0.15, 0.2) is 24.3 Å². The quantitative estimate of drug-likeness (QED) is 0.612. The third-order valence-corrected chi connectivity index (χ3v) is 4.62. The van der Waals surface area contributed by atoms with Crippen molar-refractivity contribution < 1.29 is 4.74 Å². The summed E-state index contributed by atoms with van der Waals surface area (Å²) < 4.78 is 5.15. The fourth-order valence-corrected chi connectivity index (χ4v) is 2.96. The van der Waals surface area contributed by atoms with Crippen molar-refractivity contribution in [3.63, 3.8) is 0 Å². The van der Waals surface area contributed by atoms with Gasteiger partial charge in [0.15, 0.2) is 0 Å². The number of hydrogen-bond donors (Lipinski definition) is 1. The van der Waals surface area contributed by atoms with E-state index in [1.54, 1.807) is 7.11 Å². The van der Waals surface area contributed by atoms with E-state index in [9.17, 15) is 0 Å². The molecule has 0 bridgehead atoms. The van der Waals surface area contributed by atoms with Gasteiger partial charge < -0.3 is 10.1 Å². The third kappa shape index (κ3) is 6.19. The van der Waals surface area contributed by atoms with Gasteiger partial charge in [0.05, 0.1) is 6.61 Å². The lowest BCUT2D eigenvalue weighted by molar-refractivity contribution is 0.182. The van der Waals surface area contributed by atoms with Crippen LogP contribution < -0.4 is 5.32 Å². The van der Waals surface area contributed by atoms with E-state index < -0.39 is 0 Å². The number of rotatable bonds is 11. The molecule has 1 rings (SSSR count). The number of hydrogen-bond acceptors (Lipinski definition) is 2. The molecule has 0 heterocycles. The molecule has 0 saturated carbocycles. The monoisotopic (exact) mass is 291 g/mol. The van der Waals surface area contributed by atoms with Crippen LogP contribution in [0, 0.1) is 12.3 Å². The van der Waals surface area contributed by atoms with Gasteiger partial charge in [-0.2, -0.15) is 0 Å². The average Bonchev–Trinajstić information content (AvgIpc) is 2.51. The molecule has 1 atom stereocenters. The Morgan fingerprint density at radius 2 is 1.95 bits per heavy atom. The van der Waals surface area contributed by atoms with E-state index >= 15 is 0 Å². The van der Waals surface area contributed by atoms with Crippen LogP contribution in [0.1, 0.15) is 50.7 Å². The number of benzene rings is 1. The van der Waals surface area contributed by atoms with Crippen LogP contribution in [0.5, 0.6) is 0 Å². The zero-order valence-corrected chi connectivity index (χ0v) is 14.4. The fraction of sp³-hybridized carbons (Fsp3) is 0.684. The molecule has 1 N–H and O–H groups in total. The molecule has 0 aliphatic carbocycles. The second-order valence-corrected chi connectivity index (χ2v) is 6.23. The standard InChI is InChI=1S/C19H33NO/c1-5-7-12-19(6-2,16-20-13-14-21-4)15-18-11-9-8-10-17(18)3/h8-11,20H,5-7,12-16H2,1-4H3. The van der Waals surface area contributed by atoms with Gasteiger partial charge in [-0.3, -0.25) is 0 Å². The molecular weight excluding hydrogens is 258 g/mol. The van der Waals surface area contributed by atoms with Crippen LogP contribution in [-0.2, 0) is 11.2 Å². The third-order valence-electron chi connectivity index (χ3n) is 4.62. The van der Waals surface area contributed by atoms with Crippen molar-refractivity contribution in [3.8, 4) is 0 Å². The second-order valence-electron chi connectivity index (χ2n) is 6.23. The molecule has 0 amide bonds. The summed E-state index contributed by atoms with van der Waals surface area (Å²) in [4.78, 5) is 0. The average molecular weight is 291 g/mol. The van der Waals surface area contributed by atoms with Gasteiger partial charge in [-0.05, 0) is 42.7 Å². The predicted octanol–water partition coefficient (Wildman–Crippen LogP) is 4.36. The Hall–Kier alpha value is -0.860. The summed E-state index contributed by atoms with van der Waals surface area (Å²) in [6, 6.07) is 8.82. The van der Waals surface area contributed by atoms with Gasteiger partial charge in [-0.1, -0.05) is 51.0 Å². The largest absolute Gasteiger partial charge is 0.383 e. The van der Waals surface area contributed by atoms with Gasteiger partial charge in [-0.25, -0.2) is 0 Å². The lowest BCUT2D eigenvalue weighted by Gasteiger charge is -2.34. The van der Waals surface area contributed by atoms with Crippen LogP contribution in [-0.4, -0.2) is 26.8 Å². The SMILES string of the molecule is CCCCC(CC)(CNCCOC)Cc1ccccc1C. The molecule has 1 unspecified atom stereocenters. The van der Waals surface area contributed by atoms with Crippen molar-refractivity contribution in [2.24, 2.45) is 5.41 Å². The second kappa shape index (κ2) is 9.97. The van der Waals surface area contributed by atoms with Gasteiger partial charge in [0.25, 0.3) is 0 Å². The summed E-state index contributed by atoms with van der Waals surface area (Å²) in [7, 11) is 1.76. The summed E-state index contributed by atoms with van der Waals surface area (Å²) in [6.45, 7) is 9.67. The van der Waals surface area contributed by atoms with Crippen LogP contribution in [0.2, 0.25) is 0 Å². The van der Waals surface area contributed by atoms with E-state index in [1.165, 1.54) is 43.2 Å². The minimum Gasteiger partial charge on any atom is -0.383 e. The van der Waals surface area contributed by atoms with Gasteiger partial charge in [0.1, 0.15) is 0 Å². The lowest BCUT2D eigenvalue weighted by Crippen LogP contribution is -2.37. The molecular formula is C19H33NO. The van der Waals surface area contributed by atoms with E-state index in [2.05, 4.69) is 50.4 Å². The first-order valence-electron chi connectivity index (χ1n) is 8.41. The first kappa shape index (κ1) is 18.2. The van der Waals surface area contributed by atoms with E-state index in [4.69, 9.17) is 4.74 Å². The van der Waals surface area contributed by atoms with Crippen LogP contribution in [0.3, 0.4) is 0 Å². The van der Waals surface area contributed by atoms with E-state index in [1.807, 2.05) is 0 Å². The first-order chi connectivity index (χ1) is 10.2. The summed E-state index contributed by atoms with van der Waals surface area (Å²) in [5.41, 5.74) is 3.29. The molecule has 0 aliphatic rings. The Balaban J connectivity index is 2.76. The Morgan fingerprint density at radius 3 is 2.57 bits per heavy atom. The molecule has 120 valence electrons. The summed E-state index contributed by atoms with van der Waals surface area (Å²) >= 11 is 0. The first-order valence-corrected chi connectivity index (χ1v) is 8.41. The zero-order chi connectivity index (χ0) is 15.6. The van der Waals surface area contributed by atoms with Crippen LogP contribution >= 0.6 is 0 Å². The van der Waals surface area contributed by atoms with Crippen LogP contribution in [0.4, 0.5) is 0 Å². The predicted molar refractivity (Wildman–Crippen MR) is 91.9 cm³/mol. The van der Waals surface area contributed by atoms with Crippen molar-refractivity contribution >= 4 is 0 Å². The van der Waals surface area contributed by atoms with Gasteiger partial charge in [0, 0.05) is 20.2 Å². The highest BCUT2D eigenvalue weighted by molar-refractivity contribution is 5.26. The smallest absolute Gasteiger partial charge is 0.0587 e. The van der Waals surface area contributed by atoms with Crippen molar-refractivity contribution in [2.75, 3.05) is 26.8 Å². The summed E-state index contributed by atoms with van der Waals surface area (Å²) in [6.07, 6.45) is 6.28. The minimum atomic E-state index is 0.371. The Bertz CT molecular complexity index is 391. The number of unbranched alkanes of at least 4 members (excludes halogenated alkanes) is 1. The molecule has 0 saturated heterocycles. The molecule has 0 aliphatic heterocycles. The van der Waals surface area contributed by atoms with Crippen molar-refractivity contribution in [1.82, 2.24) is 5.32 Å². The topological polar surface area (TPSA) is 21.3 Å². The maximum Gasteiger partial charge on any atom is 0.0587 e. The molecule has 21 heavy (non-hydrogen) atoms. The molecule has 0 fully saturated rings. The van der Waals surface area contributed by atoms with Gasteiger partial charge in [-0.15, -0.1) is 0 Å². The molecule has 2 heteroatoms. The lowest BCUT2D eigenvalue weighted by atomic mass is 9.74. The molecule has 0 aromatic heterocycles. The summed E-state index contributed by atoms with van der Waals surface area (Å²) in [5.74, 6) is 0. The molecule has 0 radical (unpaired) electrons. The highest BCUT2D eigenvalue weighted by Gasteiger charge is 2.28. The van der Waals surface area contributed by atoms with Gasteiger partial charge >= 0.3 is 0 Å². The summed E-state index contributed by atoms with van der Waals surface area (Å²) in [5, 5.41) is 3.60. The normalized spacial score (nSPS) is 14.1. The Kier molecular flexibility index (Phi) is 8.63. The number of nitrogens with one attached hydrogen (secondary N) is 1. The van der Waals surface area contributed by atoms with Crippen LogP contribution in [0.25, 0.3) is 0 Å². The molecule has 1 aromatic rings. The molecule has 2 nitrogen and oxygen atoms in total.